The first kappa shape index (κ1) is 14.5. The summed E-state index contributed by atoms with van der Waals surface area (Å²) in [7, 11) is 0. The van der Waals surface area contributed by atoms with Crippen molar-refractivity contribution in [2.45, 2.75) is 29.8 Å². The standard InChI is InChI=1S/C13H18N6S/c1-2-9(14)12(8-3-5-17-6-4-8)20-13-18-10(15)7-11(16)19-13/h3-7,9,12H,2,14H2,1H3,(H4,15,16,18,19). The van der Waals surface area contributed by atoms with Crippen LogP contribution in [0.25, 0.3) is 0 Å². The van der Waals surface area contributed by atoms with Gasteiger partial charge in [0.1, 0.15) is 11.6 Å². The Labute approximate surface area is 122 Å². The average molecular weight is 290 g/mol. The molecule has 2 atom stereocenters. The summed E-state index contributed by atoms with van der Waals surface area (Å²) in [5, 5.41) is 0.567. The highest BCUT2D eigenvalue weighted by atomic mass is 32.2. The molecule has 0 aromatic carbocycles. The van der Waals surface area contributed by atoms with Gasteiger partial charge in [-0.2, -0.15) is 0 Å². The number of thioether (sulfide) groups is 1. The minimum absolute atomic E-state index is 0.0198. The number of aromatic nitrogens is 3. The molecule has 6 N–H and O–H groups in total. The summed E-state index contributed by atoms with van der Waals surface area (Å²) in [6.07, 6.45) is 4.34. The van der Waals surface area contributed by atoms with Crippen LogP contribution in [0.4, 0.5) is 11.6 Å². The number of nitrogens with zero attached hydrogens (tertiary/aromatic N) is 3. The quantitative estimate of drug-likeness (QED) is 0.565. The number of rotatable bonds is 5. The summed E-state index contributed by atoms with van der Waals surface area (Å²) in [6, 6.07) is 5.41. The zero-order valence-corrected chi connectivity index (χ0v) is 12.0. The van der Waals surface area contributed by atoms with E-state index < -0.39 is 0 Å². The fourth-order valence-corrected chi connectivity index (χ4v) is 3.00. The van der Waals surface area contributed by atoms with Gasteiger partial charge in [0, 0.05) is 24.5 Å². The topological polar surface area (TPSA) is 117 Å². The summed E-state index contributed by atoms with van der Waals surface area (Å²) >= 11 is 1.47. The molecule has 2 heterocycles. The zero-order valence-electron chi connectivity index (χ0n) is 11.2. The maximum atomic E-state index is 6.21. The Bertz CT molecular complexity index is 542. The lowest BCUT2D eigenvalue weighted by molar-refractivity contribution is 0.632. The van der Waals surface area contributed by atoms with Gasteiger partial charge in [-0.25, -0.2) is 9.97 Å². The number of hydrogen-bond donors (Lipinski definition) is 3. The summed E-state index contributed by atoms with van der Waals surface area (Å²) in [4.78, 5) is 12.4. The summed E-state index contributed by atoms with van der Waals surface area (Å²) in [6.45, 7) is 2.05. The largest absolute Gasteiger partial charge is 0.383 e. The van der Waals surface area contributed by atoms with Crippen molar-refractivity contribution < 1.29 is 0 Å². The lowest BCUT2D eigenvalue weighted by Crippen LogP contribution is -2.26. The van der Waals surface area contributed by atoms with Gasteiger partial charge < -0.3 is 17.2 Å². The lowest BCUT2D eigenvalue weighted by atomic mass is 10.1. The van der Waals surface area contributed by atoms with Crippen molar-refractivity contribution in [3.8, 4) is 0 Å². The Morgan fingerprint density at radius 1 is 1.15 bits per heavy atom. The molecule has 6 nitrogen and oxygen atoms in total. The number of nitrogens with two attached hydrogens (primary N) is 3. The van der Waals surface area contributed by atoms with Gasteiger partial charge in [-0.3, -0.25) is 4.98 Å². The van der Waals surface area contributed by atoms with E-state index in [0.29, 0.717) is 16.8 Å². The molecule has 2 aromatic heterocycles. The Balaban J connectivity index is 2.28. The van der Waals surface area contributed by atoms with Crippen LogP contribution in [-0.2, 0) is 0 Å². The Morgan fingerprint density at radius 2 is 1.75 bits per heavy atom. The minimum atomic E-state index is -0.0198. The van der Waals surface area contributed by atoms with Gasteiger partial charge in [0.2, 0.25) is 0 Å². The highest BCUT2D eigenvalue weighted by Crippen LogP contribution is 2.36. The second-order valence-corrected chi connectivity index (χ2v) is 5.50. The molecule has 106 valence electrons. The SMILES string of the molecule is CCC(N)C(Sc1nc(N)cc(N)n1)c1ccncc1. The molecule has 0 bridgehead atoms. The van der Waals surface area contributed by atoms with E-state index in [9.17, 15) is 0 Å². The lowest BCUT2D eigenvalue weighted by Gasteiger charge is -2.22. The highest BCUT2D eigenvalue weighted by molar-refractivity contribution is 7.99. The molecule has 2 unspecified atom stereocenters. The summed E-state index contributed by atoms with van der Waals surface area (Å²) in [5.74, 6) is 0.720. The molecule has 0 saturated carbocycles. The first-order chi connectivity index (χ1) is 9.60. The monoisotopic (exact) mass is 290 g/mol. The van der Waals surface area contributed by atoms with Crippen LogP contribution in [0.15, 0.2) is 35.7 Å². The van der Waals surface area contributed by atoms with E-state index >= 15 is 0 Å². The van der Waals surface area contributed by atoms with Crippen molar-refractivity contribution >= 4 is 23.4 Å². The molecular formula is C13H18N6S. The van der Waals surface area contributed by atoms with Crippen molar-refractivity contribution in [1.29, 1.82) is 0 Å². The van der Waals surface area contributed by atoms with Gasteiger partial charge in [-0.1, -0.05) is 18.7 Å². The summed E-state index contributed by atoms with van der Waals surface area (Å²) < 4.78 is 0. The Morgan fingerprint density at radius 3 is 2.30 bits per heavy atom. The van der Waals surface area contributed by atoms with Gasteiger partial charge in [0.25, 0.3) is 0 Å². The molecule has 0 aliphatic carbocycles. The molecule has 0 fully saturated rings. The number of pyridine rings is 1. The number of nitrogen functional groups attached to an aromatic ring is 2. The van der Waals surface area contributed by atoms with E-state index in [1.165, 1.54) is 17.8 Å². The predicted octanol–water partition coefficient (Wildman–Crippen LogP) is 1.61. The molecule has 0 aliphatic rings. The average Bonchev–Trinajstić information content (AvgIpc) is 2.44. The molecule has 20 heavy (non-hydrogen) atoms. The van der Waals surface area contributed by atoms with Crippen LogP contribution < -0.4 is 17.2 Å². The fraction of sp³-hybridized carbons (Fsp3) is 0.308. The van der Waals surface area contributed by atoms with Gasteiger partial charge in [0.15, 0.2) is 5.16 Å². The molecule has 0 amide bonds. The van der Waals surface area contributed by atoms with Crippen LogP contribution in [-0.4, -0.2) is 21.0 Å². The number of hydrogen-bond acceptors (Lipinski definition) is 7. The third-order valence-electron chi connectivity index (χ3n) is 2.87. The van der Waals surface area contributed by atoms with Crippen LogP contribution >= 0.6 is 11.8 Å². The molecule has 2 aromatic rings. The van der Waals surface area contributed by atoms with Crippen molar-refractivity contribution in [3.05, 3.63) is 36.2 Å². The maximum absolute atomic E-state index is 6.21. The maximum Gasteiger partial charge on any atom is 0.192 e. The van der Waals surface area contributed by atoms with Crippen LogP contribution in [0.5, 0.6) is 0 Å². The molecule has 0 spiro atoms. The second kappa shape index (κ2) is 6.53. The second-order valence-electron chi connectivity index (χ2n) is 4.39. The van der Waals surface area contributed by atoms with Gasteiger partial charge >= 0.3 is 0 Å². The summed E-state index contributed by atoms with van der Waals surface area (Å²) in [5.41, 5.74) is 18.7. The molecular weight excluding hydrogens is 272 g/mol. The van der Waals surface area contributed by atoms with E-state index in [0.717, 1.165) is 12.0 Å². The van der Waals surface area contributed by atoms with Gasteiger partial charge in [0.05, 0.1) is 5.25 Å². The first-order valence-corrected chi connectivity index (χ1v) is 7.20. The van der Waals surface area contributed by atoms with E-state index in [4.69, 9.17) is 17.2 Å². The smallest absolute Gasteiger partial charge is 0.192 e. The third-order valence-corrected chi connectivity index (χ3v) is 4.14. The predicted molar refractivity (Wildman–Crippen MR) is 82.0 cm³/mol. The minimum Gasteiger partial charge on any atom is -0.383 e. The molecule has 0 radical (unpaired) electrons. The fourth-order valence-electron chi connectivity index (χ4n) is 1.80. The van der Waals surface area contributed by atoms with Crippen molar-refractivity contribution in [3.63, 3.8) is 0 Å². The third kappa shape index (κ3) is 3.58. The highest BCUT2D eigenvalue weighted by Gasteiger charge is 2.21. The number of anilines is 2. The van der Waals surface area contributed by atoms with E-state index in [2.05, 4.69) is 15.0 Å². The van der Waals surface area contributed by atoms with E-state index in [1.54, 1.807) is 12.4 Å². The van der Waals surface area contributed by atoms with Gasteiger partial charge in [-0.15, -0.1) is 0 Å². The van der Waals surface area contributed by atoms with Crippen LogP contribution in [0, 0.1) is 0 Å². The van der Waals surface area contributed by atoms with E-state index in [-0.39, 0.29) is 11.3 Å². The van der Waals surface area contributed by atoms with Crippen molar-refractivity contribution in [1.82, 2.24) is 15.0 Å². The van der Waals surface area contributed by atoms with Crippen LogP contribution in [0.3, 0.4) is 0 Å². The van der Waals surface area contributed by atoms with Crippen LogP contribution in [0.1, 0.15) is 24.2 Å². The molecule has 2 rings (SSSR count). The Kier molecular flexibility index (Phi) is 4.75. The van der Waals surface area contributed by atoms with Gasteiger partial charge in [-0.05, 0) is 24.1 Å². The van der Waals surface area contributed by atoms with Crippen LogP contribution in [0.2, 0.25) is 0 Å². The molecule has 0 aliphatic heterocycles. The normalized spacial score (nSPS) is 13.9. The molecule has 0 saturated heterocycles. The molecule has 7 heteroatoms. The first-order valence-electron chi connectivity index (χ1n) is 6.32. The Hall–Kier alpha value is -1.86. The zero-order chi connectivity index (χ0) is 14.5. The van der Waals surface area contributed by atoms with Crippen molar-refractivity contribution in [2.24, 2.45) is 5.73 Å². The van der Waals surface area contributed by atoms with E-state index in [1.807, 2.05) is 19.1 Å². The van der Waals surface area contributed by atoms with Crippen molar-refractivity contribution in [2.75, 3.05) is 11.5 Å².